The molecule has 0 saturated heterocycles. The lowest BCUT2D eigenvalue weighted by molar-refractivity contribution is -0.119. The van der Waals surface area contributed by atoms with Crippen molar-refractivity contribution < 1.29 is 23.8 Å². The van der Waals surface area contributed by atoms with Crippen LogP contribution in [0.15, 0.2) is 30.9 Å². The van der Waals surface area contributed by atoms with Crippen LogP contribution in [0.4, 0.5) is 4.79 Å². The summed E-state index contributed by atoms with van der Waals surface area (Å²) >= 11 is 0. The second kappa shape index (κ2) is 10.1. The fourth-order valence-corrected chi connectivity index (χ4v) is 2.07. The molecule has 0 heterocycles. The number of benzene rings is 1. The van der Waals surface area contributed by atoms with Gasteiger partial charge >= 0.3 is 6.09 Å². The Morgan fingerprint density at radius 2 is 1.83 bits per heavy atom. The monoisotopic (exact) mass is 336 g/mol. The molecule has 0 aromatic heterocycles. The van der Waals surface area contributed by atoms with E-state index >= 15 is 0 Å². The predicted octanol–water partition coefficient (Wildman–Crippen LogP) is 1.84. The average Bonchev–Trinajstić information content (AvgIpc) is 2.59. The van der Waals surface area contributed by atoms with Crippen molar-refractivity contribution in [1.29, 1.82) is 0 Å². The summed E-state index contributed by atoms with van der Waals surface area (Å²) in [5.41, 5.74) is 0.894. The minimum Gasteiger partial charge on any atom is -0.493 e. The summed E-state index contributed by atoms with van der Waals surface area (Å²) < 4.78 is 15.4. The fraction of sp³-hybridized carbons (Fsp3) is 0.412. The highest BCUT2D eigenvalue weighted by molar-refractivity contribution is 5.73. The van der Waals surface area contributed by atoms with Crippen molar-refractivity contribution in [2.24, 2.45) is 0 Å². The van der Waals surface area contributed by atoms with Gasteiger partial charge in [-0.05, 0) is 17.7 Å². The molecule has 0 aliphatic carbocycles. The van der Waals surface area contributed by atoms with E-state index in [1.807, 2.05) is 12.1 Å². The highest BCUT2D eigenvalue weighted by atomic mass is 16.5. The van der Waals surface area contributed by atoms with Crippen LogP contribution < -0.4 is 20.1 Å². The molecular formula is C17H24N2O5. The first kappa shape index (κ1) is 19.3. The van der Waals surface area contributed by atoms with Gasteiger partial charge in [-0.3, -0.25) is 4.79 Å². The molecule has 1 atom stereocenters. The molecule has 2 N–H and O–H groups in total. The quantitative estimate of drug-likeness (QED) is 0.672. The van der Waals surface area contributed by atoms with Crippen LogP contribution in [-0.2, 0) is 9.53 Å². The van der Waals surface area contributed by atoms with Crippen molar-refractivity contribution in [3.8, 4) is 11.5 Å². The lowest BCUT2D eigenvalue weighted by atomic mass is 9.98. The molecule has 2 amide bonds. The molecule has 0 spiro atoms. The third-order valence-electron chi connectivity index (χ3n) is 3.30. The van der Waals surface area contributed by atoms with Gasteiger partial charge in [0, 0.05) is 25.9 Å². The van der Waals surface area contributed by atoms with Crippen molar-refractivity contribution in [2.75, 3.05) is 33.9 Å². The highest BCUT2D eigenvalue weighted by Gasteiger charge is 2.16. The Labute approximate surface area is 142 Å². The summed E-state index contributed by atoms with van der Waals surface area (Å²) in [5.74, 6) is 0.898. The summed E-state index contributed by atoms with van der Waals surface area (Å²) in [5, 5.41) is 5.43. The van der Waals surface area contributed by atoms with Gasteiger partial charge in [0.15, 0.2) is 11.5 Å². The van der Waals surface area contributed by atoms with Crippen molar-refractivity contribution in [1.82, 2.24) is 10.6 Å². The second-order valence-electron chi connectivity index (χ2n) is 5.02. The molecule has 132 valence electrons. The topological polar surface area (TPSA) is 85.9 Å². The third-order valence-corrected chi connectivity index (χ3v) is 3.30. The molecule has 1 rings (SSSR count). The van der Waals surface area contributed by atoms with E-state index < -0.39 is 6.09 Å². The van der Waals surface area contributed by atoms with Gasteiger partial charge in [-0.25, -0.2) is 4.79 Å². The molecule has 7 nitrogen and oxygen atoms in total. The number of rotatable bonds is 9. The van der Waals surface area contributed by atoms with Crippen LogP contribution in [0.25, 0.3) is 0 Å². The van der Waals surface area contributed by atoms with Crippen LogP contribution in [0.3, 0.4) is 0 Å². The van der Waals surface area contributed by atoms with E-state index in [2.05, 4.69) is 17.2 Å². The van der Waals surface area contributed by atoms with Crippen molar-refractivity contribution in [3.63, 3.8) is 0 Å². The SMILES string of the molecule is C=CCOC(=O)NCC(CNC(C)=O)c1ccc(OC)c(OC)c1. The maximum Gasteiger partial charge on any atom is 0.407 e. The third kappa shape index (κ3) is 6.20. The molecule has 0 aliphatic heterocycles. The summed E-state index contributed by atoms with van der Waals surface area (Å²) in [4.78, 5) is 22.8. The van der Waals surface area contributed by atoms with Crippen LogP contribution in [0.1, 0.15) is 18.4 Å². The van der Waals surface area contributed by atoms with Crippen molar-refractivity contribution in [2.45, 2.75) is 12.8 Å². The van der Waals surface area contributed by atoms with Gasteiger partial charge in [-0.2, -0.15) is 0 Å². The summed E-state index contributed by atoms with van der Waals surface area (Å²) in [6, 6.07) is 5.47. The van der Waals surface area contributed by atoms with Gasteiger partial charge in [0.2, 0.25) is 5.91 Å². The number of ether oxygens (including phenoxy) is 3. The first-order valence-electron chi connectivity index (χ1n) is 7.49. The van der Waals surface area contributed by atoms with Crippen LogP contribution in [0.2, 0.25) is 0 Å². The first-order chi connectivity index (χ1) is 11.5. The van der Waals surface area contributed by atoms with Crippen LogP contribution in [0.5, 0.6) is 11.5 Å². The minimum absolute atomic E-state index is 0.137. The Kier molecular flexibility index (Phi) is 8.18. The smallest absolute Gasteiger partial charge is 0.407 e. The van der Waals surface area contributed by atoms with E-state index in [1.165, 1.54) is 13.0 Å². The van der Waals surface area contributed by atoms with Crippen molar-refractivity contribution >= 4 is 12.0 Å². The number of nitrogens with one attached hydrogen (secondary N) is 2. The predicted molar refractivity (Wildman–Crippen MR) is 90.5 cm³/mol. The Morgan fingerprint density at radius 1 is 1.17 bits per heavy atom. The summed E-state index contributed by atoms with van der Waals surface area (Å²) in [6.07, 6.45) is 0.950. The number of methoxy groups -OCH3 is 2. The van der Waals surface area contributed by atoms with E-state index in [4.69, 9.17) is 14.2 Å². The van der Waals surface area contributed by atoms with Gasteiger partial charge in [0.1, 0.15) is 6.61 Å². The Hall–Kier alpha value is -2.70. The van der Waals surface area contributed by atoms with E-state index in [1.54, 1.807) is 20.3 Å². The molecule has 1 aromatic carbocycles. The molecule has 24 heavy (non-hydrogen) atoms. The zero-order valence-electron chi connectivity index (χ0n) is 14.3. The highest BCUT2D eigenvalue weighted by Crippen LogP contribution is 2.30. The van der Waals surface area contributed by atoms with Gasteiger partial charge < -0.3 is 24.8 Å². The Balaban J connectivity index is 2.86. The van der Waals surface area contributed by atoms with E-state index in [-0.39, 0.29) is 18.4 Å². The number of hydrogen-bond donors (Lipinski definition) is 2. The van der Waals surface area contributed by atoms with Gasteiger partial charge in [0.25, 0.3) is 0 Å². The molecule has 0 saturated carbocycles. The Morgan fingerprint density at radius 3 is 2.42 bits per heavy atom. The number of alkyl carbamates (subject to hydrolysis) is 1. The number of amides is 2. The lowest BCUT2D eigenvalue weighted by Crippen LogP contribution is -2.35. The van der Waals surface area contributed by atoms with Gasteiger partial charge in [-0.1, -0.05) is 18.7 Å². The molecule has 1 unspecified atom stereocenters. The largest absolute Gasteiger partial charge is 0.493 e. The van der Waals surface area contributed by atoms with Crippen LogP contribution >= 0.6 is 0 Å². The maximum atomic E-state index is 11.6. The van der Waals surface area contributed by atoms with E-state index in [0.29, 0.717) is 24.6 Å². The number of hydrogen-bond acceptors (Lipinski definition) is 5. The zero-order valence-corrected chi connectivity index (χ0v) is 14.3. The molecule has 0 radical (unpaired) electrons. The van der Waals surface area contributed by atoms with Crippen LogP contribution in [-0.4, -0.2) is 45.9 Å². The molecule has 1 aromatic rings. The number of carbonyl (C=O) groups excluding carboxylic acids is 2. The standard InChI is InChI=1S/C17H24N2O5/c1-5-8-24-17(21)19-11-14(10-18-12(2)20)13-6-7-15(22-3)16(9-13)23-4/h5-7,9,14H,1,8,10-11H2,2-4H3,(H,18,20)(H,19,21). The average molecular weight is 336 g/mol. The fourth-order valence-electron chi connectivity index (χ4n) is 2.07. The maximum absolute atomic E-state index is 11.6. The molecule has 0 bridgehead atoms. The molecular weight excluding hydrogens is 312 g/mol. The zero-order chi connectivity index (χ0) is 17.9. The normalized spacial score (nSPS) is 11.1. The first-order valence-corrected chi connectivity index (χ1v) is 7.49. The summed E-state index contributed by atoms with van der Waals surface area (Å²) in [6.45, 7) is 5.73. The number of carbonyl (C=O) groups is 2. The summed E-state index contributed by atoms with van der Waals surface area (Å²) in [7, 11) is 3.11. The van der Waals surface area contributed by atoms with E-state index in [0.717, 1.165) is 5.56 Å². The minimum atomic E-state index is -0.539. The molecule has 0 fully saturated rings. The van der Waals surface area contributed by atoms with Gasteiger partial charge in [-0.15, -0.1) is 0 Å². The Bertz CT molecular complexity index is 574. The molecule has 7 heteroatoms. The van der Waals surface area contributed by atoms with Crippen LogP contribution in [0, 0.1) is 0 Å². The van der Waals surface area contributed by atoms with Gasteiger partial charge in [0.05, 0.1) is 14.2 Å². The second-order valence-corrected chi connectivity index (χ2v) is 5.02. The molecule has 0 aliphatic rings. The van der Waals surface area contributed by atoms with Crippen molar-refractivity contribution in [3.05, 3.63) is 36.4 Å². The van der Waals surface area contributed by atoms with E-state index in [9.17, 15) is 9.59 Å². The lowest BCUT2D eigenvalue weighted by Gasteiger charge is -2.19.